The maximum atomic E-state index is 11.5. The Labute approximate surface area is 120 Å². The molecule has 0 unspecified atom stereocenters. The summed E-state index contributed by atoms with van der Waals surface area (Å²) in [4.78, 5) is 15.9. The molecular formula is C14H15N3O4. The highest BCUT2D eigenvalue weighted by atomic mass is 16.5. The summed E-state index contributed by atoms with van der Waals surface area (Å²) in [6, 6.07) is 7.61. The predicted octanol–water partition coefficient (Wildman–Crippen LogP) is 1.76. The van der Waals surface area contributed by atoms with E-state index in [0.717, 1.165) is 11.1 Å². The molecule has 0 amide bonds. The predicted molar refractivity (Wildman–Crippen MR) is 73.8 cm³/mol. The molecule has 3 rings (SSSR count). The monoisotopic (exact) mass is 289 g/mol. The van der Waals surface area contributed by atoms with E-state index in [4.69, 9.17) is 13.6 Å². The second kappa shape index (κ2) is 5.92. The zero-order valence-electron chi connectivity index (χ0n) is 11.6. The summed E-state index contributed by atoms with van der Waals surface area (Å²) in [6.07, 6.45) is 1.32. The van der Waals surface area contributed by atoms with Gasteiger partial charge in [0.1, 0.15) is 12.1 Å². The Morgan fingerprint density at radius 2 is 2.10 bits per heavy atom. The number of aromatic nitrogens is 3. The van der Waals surface area contributed by atoms with Crippen molar-refractivity contribution in [1.82, 2.24) is 14.8 Å². The van der Waals surface area contributed by atoms with Crippen LogP contribution >= 0.6 is 0 Å². The number of fused-ring (bicyclic) bond motifs is 1. The topological polar surface area (TPSA) is 83.3 Å². The summed E-state index contributed by atoms with van der Waals surface area (Å²) in [7, 11) is 1.52. The SMILES string of the molecule is COCc1nn(CCCc2nc3ccccc3o2)c(=O)o1. The number of benzene rings is 1. The van der Waals surface area contributed by atoms with Gasteiger partial charge < -0.3 is 13.6 Å². The van der Waals surface area contributed by atoms with Crippen LogP contribution in [0.3, 0.4) is 0 Å². The number of oxazole rings is 1. The summed E-state index contributed by atoms with van der Waals surface area (Å²) < 4.78 is 16.7. The second-order valence-electron chi connectivity index (χ2n) is 4.60. The lowest BCUT2D eigenvalue weighted by Crippen LogP contribution is -2.16. The van der Waals surface area contributed by atoms with Gasteiger partial charge in [-0.25, -0.2) is 9.78 Å². The van der Waals surface area contributed by atoms with Gasteiger partial charge in [0.25, 0.3) is 0 Å². The fourth-order valence-corrected chi connectivity index (χ4v) is 2.08. The van der Waals surface area contributed by atoms with Crippen LogP contribution in [0.1, 0.15) is 18.2 Å². The van der Waals surface area contributed by atoms with Crippen LogP contribution in [0, 0.1) is 0 Å². The van der Waals surface area contributed by atoms with E-state index in [1.807, 2.05) is 24.3 Å². The van der Waals surface area contributed by atoms with Gasteiger partial charge in [0.05, 0.1) is 0 Å². The number of methoxy groups -OCH3 is 1. The van der Waals surface area contributed by atoms with Crippen molar-refractivity contribution in [3.8, 4) is 0 Å². The van der Waals surface area contributed by atoms with Crippen LogP contribution in [0.2, 0.25) is 0 Å². The molecule has 7 heteroatoms. The van der Waals surface area contributed by atoms with Crippen LogP contribution in [0.5, 0.6) is 0 Å². The number of rotatable bonds is 6. The average Bonchev–Trinajstić information content (AvgIpc) is 3.03. The lowest BCUT2D eigenvalue weighted by Gasteiger charge is -1.96. The third-order valence-electron chi connectivity index (χ3n) is 3.01. The summed E-state index contributed by atoms with van der Waals surface area (Å²) >= 11 is 0. The molecule has 2 heterocycles. The van der Waals surface area contributed by atoms with Gasteiger partial charge in [0.2, 0.25) is 5.89 Å². The van der Waals surface area contributed by atoms with Crippen LogP contribution in [0.4, 0.5) is 0 Å². The average molecular weight is 289 g/mol. The van der Waals surface area contributed by atoms with Crippen molar-refractivity contribution in [3.63, 3.8) is 0 Å². The Morgan fingerprint density at radius 1 is 1.24 bits per heavy atom. The quantitative estimate of drug-likeness (QED) is 0.687. The molecule has 21 heavy (non-hydrogen) atoms. The van der Waals surface area contributed by atoms with Gasteiger partial charge in [0, 0.05) is 20.1 Å². The van der Waals surface area contributed by atoms with Crippen molar-refractivity contribution in [2.24, 2.45) is 0 Å². The number of hydrogen-bond acceptors (Lipinski definition) is 6. The Bertz CT molecular complexity index is 754. The number of para-hydroxylation sites is 2. The lowest BCUT2D eigenvalue weighted by atomic mass is 10.3. The van der Waals surface area contributed by atoms with Crippen molar-refractivity contribution in [2.75, 3.05) is 7.11 Å². The first-order valence-electron chi connectivity index (χ1n) is 6.66. The third kappa shape index (κ3) is 3.03. The number of ether oxygens (including phenoxy) is 1. The Morgan fingerprint density at radius 3 is 2.90 bits per heavy atom. The van der Waals surface area contributed by atoms with Crippen LogP contribution in [-0.2, 0) is 24.3 Å². The van der Waals surface area contributed by atoms with E-state index in [1.165, 1.54) is 11.8 Å². The molecule has 110 valence electrons. The summed E-state index contributed by atoms with van der Waals surface area (Å²) in [5.74, 6) is 0.467. The molecule has 0 fully saturated rings. The molecule has 0 atom stereocenters. The van der Waals surface area contributed by atoms with Crippen molar-refractivity contribution in [3.05, 3.63) is 46.6 Å². The minimum absolute atomic E-state index is 0.188. The molecule has 0 radical (unpaired) electrons. The van der Waals surface area contributed by atoms with E-state index in [-0.39, 0.29) is 12.5 Å². The van der Waals surface area contributed by atoms with E-state index >= 15 is 0 Å². The van der Waals surface area contributed by atoms with Crippen LogP contribution in [0.25, 0.3) is 11.1 Å². The molecule has 1 aromatic carbocycles. The Kier molecular flexibility index (Phi) is 3.83. The van der Waals surface area contributed by atoms with E-state index < -0.39 is 5.76 Å². The molecule has 7 nitrogen and oxygen atoms in total. The maximum Gasteiger partial charge on any atom is 0.437 e. The molecule has 0 aliphatic rings. The van der Waals surface area contributed by atoms with E-state index in [1.54, 1.807) is 0 Å². The molecular weight excluding hydrogens is 274 g/mol. The van der Waals surface area contributed by atoms with Gasteiger partial charge in [-0.2, -0.15) is 4.68 Å². The highest BCUT2D eigenvalue weighted by Crippen LogP contribution is 2.15. The van der Waals surface area contributed by atoms with Gasteiger partial charge >= 0.3 is 5.76 Å². The molecule has 2 aromatic heterocycles. The number of nitrogens with zero attached hydrogens (tertiary/aromatic N) is 3. The van der Waals surface area contributed by atoms with Gasteiger partial charge in [0.15, 0.2) is 11.5 Å². The van der Waals surface area contributed by atoms with Crippen molar-refractivity contribution in [1.29, 1.82) is 0 Å². The summed E-state index contributed by atoms with van der Waals surface area (Å²) in [5, 5.41) is 4.03. The smallest absolute Gasteiger partial charge is 0.437 e. The molecule has 0 saturated heterocycles. The largest absolute Gasteiger partial charge is 0.441 e. The minimum atomic E-state index is -0.473. The van der Waals surface area contributed by atoms with E-state index in [2.05, 4.69) is 10.1 Å². The summed E-state index contributed by atoms with van der Waals surface area (Å²) in [6.45, 7) is 0.637. The van der Waals surface area contributed by atoms with E-state index in [9.17, 15) is 4.79 Å². The lowest BCUT2D eigenvalue weighted by molar-refractivity contribution is 0.158. The van der Waals surface area contributed by atoms with Gasteiger partial charge in [-0.15, -0.1) is 5.10 Å². The summed E-state index contributed by atoms with van der Waals surface area (Å²) in [5.41, 5.74) is 1.61. The molecule has 3 aromatic rings. The fraction of sp³-hybridized carbons (Fsp3) is 0.357. The van der Waals surface area contributed by atoms with Gasteiger partial charge in [-0.1, -0.05) is 12.1 Å². The first kappa shape index (κ1) is 13.6. The number of aryl methyl sites for hydroxylation is 2. The van der Waals surface area contributed by atoms with Crippen LogP contribution in [-0.4, -0.2) is 21.9 Å². The first-order valence-corrected chi connectivity index (χ1v) is 6.66. The van der Waals surface area contributed by atoms with E-state index in [0.29, 0.717) is 25.3 Å². The third-order valence-corrected chi connectivity index (χ3v) is 3.01. The molecule has 0 spiro atoms. The molecule has 0 aliphatic carbocycles. The second-order valence-corrected chi connectivity index (χ2v) is 4.60. The van der Waals surface area contributed by atoms with Crippen LogP contribution < -0.4 is 5.76 Å². The fourth-order valence-electron chi connectivity index (χ4n) is 2.08. The Balaban J connectivity index is 1.61. The zero-order chi connectivity index (χ0) is 14.7. The molecule has 0 bridgehead atoms. The first-order chi connectivity index (χ1) is 10.3. The normalized spacial score (nSPS) is 11.3. The van der Waals surface area contributed by atoms with Crippen molar-refractivity contribution >= 4 is 11.1 Å². The van der Waals surface area contributed by atoms with Crippen molar-refractivity contribution < 1.29 is 13.6 Å². The standard InChI is InChI=1S/C14H15N3O4/c1-19-9-13-16-17(14(18)21-13)8-4-7-12-15-10-5-2-3-6-11(10)20-12/h2-3,5-6H,4,7-9H2,1H3. The number of hydrogen-bond donors (Lipinski definition) is 0. The van der Waals surface area contributed by atoms with Gasteiger partial charge in [-0.3, -0.25) is 0 Å². The Hall–Kier alpha value is -2.41. The zero-order valence-corrected chi connectivity index (χ0v) is 11.6. The molecule has 0 N–H and O–H groups in total. The van der Waals surface area contributed by atoms with Gasteiger partial charge in [-0.05, 0) is 18.6 Å². The van der Waals surface area contributed by atoms with Crippen LogP contribution in [0.15, 0.2) is 37.9 Å². The minimum Gasteiger partial charge on any atom is -0.441 e. The van der Waals surface area contributed by atoms with Crippen molar-refractivity contribution in [2.45, 2.75) is 26.0 Å². The molecule has 0 aliphatic heterocycles. The highest BCUT2D eigenvalue weighted by molar-refractivity contribution is 5.72. The molecule has 0 saturated carbocycles. The maximum absolute atomic E-state index is 11.5. The highest BCUT2D eigenvalue weighted by Gasteiger charge is 2.09.